The van der Waals surface area contributed by atoms with E-state index in [0.29, 0.717) is 19.4 Å². The summed E-state index contributed by atoms with van der Waals surface area (Å²) in [6, 6.07) is -0.791. The molecule has 2 amide bonds. The zero-order chi connectivity index (χ0) is 15.5. The SMILES string of the molecule is NC(=O)C1COCCN1C(=O)CC1(C(=O)O)CCCCC1. The van der Waals surface area contributed by atoms with Crippen molar-refractivity contribution in [3.8, 4) is 0 Å². The molecular weight excluding hydrogens is 276 g/mol. The quantitative estimate of drug-likeness (QED) is 0.766. The molecule has 0 aromatic carbocycles. The van der Waals surface area contributed by atoms with Gasteiger partial charge in [0.1, 0.15) is 6.04 Å². The molecule has 7 heteroatoms. The lowest BCUT2D eigenvalue weighted by atomic mass is 9.71. The Morgan fingerprint density at radius 1 is 1.24 bits per heavy atom. The Kier molecular flexibility index (Phi) is 4.82. The van der Waals surface area contributed by atoms with Crippen LogP contribution in [0.25, 0.3) is 0 Å². The third-order valence-corrected chi connectivity index (χ3v) is 4.53. The number of morpholine rings is 1. The van der Waals surface area contributed by atoms with Gasteiger partial charge in [-0.25, -0.2) is 0 Å². The Balaban J connectivity index is 2.10. The van der Waals surface area contributed by atoms with Crippen LogP contribution >= 0.6 is 0 Å². The number of nitrogens with zero attached hydrogens (tertiary/aromatic N) is 1. The maximum absolute atomic E-state index is 12.5. The van der Waals surface area contributed by atoms with Crippen molar-refractivity contribution in [2.24, 2.45) is 11.1 Å². The van der Waals surface area contributed by atoms with Gasteiger partial charge < -0.3 is 20.5 Å². The summed E-state index contributed by atoms with van der Waals surface area (Å²) in [4.78, 5) is 36.9. The highest BCUT2D eigenvalue weighted by Crippen LogP contribution is 2.40. The summed E-state index contributed by atoms with van der Waals surface area (Å²) in [7, 11) is 0. The number of carbonyl (C=O) groups excluding carboxylic acids is 2. The fourth-order valence-electron chi connectivity index (χ4n) is 3.22. The Morgan fingerprint density at radius 3 is 2.48 bits per heavy atom. The number of rotatable bonds is 4. The molecule has 0 radical (unpaired) electrons. The van der Waals surface area contributed by atoms with Crippen molar-refractivity contribution in [3.05, 3.63) is 0 Å². The predicted octanol–water partition coefficient (Wildman–Crippen LogP) is 0.124. The predicted molar refractivity (Wildman–Crippen MR) is 73.3 cm³/mol. The molecule has 0 aromatic rings. The van der Waals surface area contributed by atoms with Gasteiger partial charge in [-0.1, -0.05) is 19.3 Å². The molecule has 1 atom stereocenters. The molecule has 7 nitrogen and oxygen atoms in total. The minimum Gasteiger partial charge on any atom is -0.481 e. The zero-order valence-corrected chi connectivity index (χ0v) is 12.0. The van der Waals surface area contributed by atoms with Gasteiger partial charge in [-0.2, -0.15) is 0 Å². The fraction of sp³-hybridized carbons (Fsp3) is 0.786. The standard InChI is InChI=1S/C14H22N2O5/c15-12(18)10-9-21-7-6-16(10)11(17)8-14(13(19)20)4-2-1-3-5-14/h10H,1-9H2,(H2,15,18)(H,19,20). The van der Waals surface area contributed by atoms with Crippen molar-refractivity contribution in [1.82, 2.24) is 4.90 Å². The third kappa shape index (κ3) is 3.34. The maximum atomic E-state index is 12.5. The molecule has 1 aliphatic heterocycles. The minimum absolute atomic E-state index is 0.0634. The second-order valence-corrected chi connectivity index (χ2v) is 5.90. The lowest BCUT2D eigenvalue weighted by Gasteiger charge is -2.38. The summed E-state index contributed by atoms with van der Waals surface area (Å²) in [5.41, 5.74) is 4.30. The van der Waals surface area contributed by atoms with Gasteiger partial charge in [0.2, 0.25) is 11.8 Å². The van der Waals surface area contributed by atoms with Crippen LogP contribution in [0.3, 0.4) is 0 Å². The fourth-order valence-corrected chi connectivity index (χ4v) is 3.22. The lowest BCUT2D eigenvalue weighted by molar-refractivity contribution is -0.159. The topological polar surface area (TPSA) is 110 Å². The number of aliphatic carboxylic acids is 1. The Bertz CT molecular complexity index is 431. The highest BCUT2D eigenvalue weighted by Gasteiger charge is 2.44. The van der Waals surface area contributed by atoms with Crippen molar-refractivity contribution >= 4 is 17.8 Å². The molecule has 3 N–H and O–H groups in total. The molecule has 21 heavy (non-hydrogen) atoms. The van der Waals surface area contributed by atoms with Crippen LogP contribution in [0.1, 0.15) is 38.5 Å². The van der Waals surface area contributed by atoms with Crippen molar-refractivity contribution in [2.75, 3.05) is 19.8 Å². The van der Waals surface area contributed by atoms with E-state index in [1.807, 2.05) is 0 Å². The third-order valence-electron chi connectivity index (χ3n) is 4.53. The number of ether oxygens (including phenoxy) is 1. The van der Waals surface area contributed by atoms with E-state index in [1.165, 1.54) is 4.90 Å². The van der Waals surface area contributed by atoms with E-state index in [4.69, 9.17) is 10.5 Å². The maximum Gasteiger partial charge on any atom is 0.310 e. The van der Waals surface area contributed by atoms with Crippen molar-refractivity contribution in [3.63, 3.8) is 0 Å². The molecule has 2 aliphatic rings. The minimum atomic E-state index is -0.990. The summed E-state index contributed by atoms with van der Waals surface area (Å²) < 4.78 is 5.18. The first-order valence-corrected chi connectivity index (χ1v) is 7.36. The van der Waals surface area contributed by atoms with Crippen LogP contribution in [-0.4, -0.2) is 53.6 Å². The van der Waals surface area contributed by atoms with Gasteiger partial charge in [-0.3, -0.25) is 14.4 Å². The van der Waals surface area contributed by atoms with E-state index in [0.717, 1.165) is 19.3 Å². The number of hydrogen-bond acceptors (Lipinski definition) is 4. The molecule has 0 aromatic heterocycles. The van der Waals surface area contributed by atoms with Crippen LogP contribution in [0.2, 0.25) is 0 Å². The van der Waals surface area contributed by atoms with Crippen molar-refractivity contribution < 1.29 is 24.2 Å². The van der Waals surface area contributed by atoms with Crippen LogP contribution in [0.15, 0.2) is 0 Å². The van der Waals surface area contributed by atoms with Crippen molar-refractivity contribution in [2.45, 2.75) is 44.6 Å². The summed E-state index contributed by atoms with van der Waals surface area (Å²) in [6.45, 7) is 0.707. The molecule has 1 aliphatic carbocycles. The van der Waals surface area contributed by atoms with Gasteiger partial charge in [0.25, 0.3) is 0 Å². The molecule has 1 saturated heterocycles. The first-order valence-electron chi connectivity index (χ1n) is 7.36. The molecule has 2 rings (SSSR count). The summed E-state index contributed by atoms with van der Waals surface area (Å²) >= 11 is 0. The number of carboxylic acids is 1. The van der Waals surface area contributed by atoms with Crippen LogP contribution < -0.4 is 5.73 Å². The Morgan fingerprint density at radius 2 is 1.90 bits per heavy atom. The van der Waals surface area contributed by atoms with Crippen LogP contribution in [0.4, 0.5) is 0 Å². The van der Waals surface area contributed by atoms with Crippen LogP contribution in [-0.2, 0) is 19.1 Å². The van der Waals surface area contributed by atoms with E-state index in [2.05, 4.69) is 0 Å². The molecule has 0 spiro atoms. The van der Waals surface area contributed by atoms with E-state index < -0.39 is 23.3 Å². The molecule has 0 bridgehead atoms. The molecule has 1 heterocycles. The average molecular weight is 298 g/mol. The van der Waals surface area contributed by atoms with E-state index in [9.17, 15) is 19.5 Å². The number of hydrogen-bond donors (Lipinski definition) is 2. The second-order valence-electron chi connectivity index (χ2n) is 5.90. The van der Waals surface area contributed by atoms with E-state index in [-0.39, 0.29) is 25.5 Å². The second kappa shape index (κ2) is 6.43. The number of primary amides is 1. The summed E-state index contributed by atoms with van der Waals surface area (Å²) in [5, 5.41) is 9.52. The van der Waals surface area contributed by atoms with Gasteiger partial charge in [-0.15, -0.1) is 0 Å². The molecule has 2 fully saturated rings. The summed E-state index contributed by atoms with van der Waals surface area (Å²) in [5.74, 6) is -1.85. The number of nitrogens with two attached hydrogens (primary N) is 1. The average Bonchev–Trinajstić information content (AvgIpc) is 2.48. The monoisotopic (exact) mass is 298 g/mol. The number of carboxylic acid groups (broad SMARTS) is 1. The van der Waals surface area contributed by atoms with Crippen LogP contribution in [0.5, 0.6) is 0 Å². The smallest absolute Gasteiger partial charge is 0.310 e. The van der Waals surface area contributed by atoms with Gasteiger partial charge in [0.05, 0.1) is 18.6 Å². The summed E-state index contributed by atoms with van der Waals surface area (Å²) in [6.07, 6.45) is 3.61. The normalized spacial score (nSPS) is 25.3. The van der Waals surface area contributed by atoms with Gasteiger partial charge in [0, 0.05) is 13.0 Å². The van der Waals surface area contributed by atoms with Crippen molar-refractivity contribution in [1.29, 1.82) is 0 Å². The van der Waals surface area contributed by atoms with Crippen LogP contribution in [0, 0.1) is 5.41 Å². The highest BCUT2D eigenvalue weighted by atomic mass is 16.5. The molecule has 118 valence electrons. The van der Waals surface area contributed by atoms with E-state index >= 15 is 0 Å². The first kappa shape index (κ1) is 15.8. The first-order chi connectivity index (χ1) is 9.96. The van der Waals surface area contributed by atoms with Gasteiger partial charge >= 0.3 is 5.97 Å². The Hall–Kier alpha value is -1.63. The molecular formula is C14H22N2O5. The zero-order valence-electron chi connectivity index (χ0n) is 12.0. The largest absolute Gasteiger partial charge is 0.481 e. The van der Waals surface area contributed by atoms with Gasteiger partial charge in [-0.05, 0) is 12.8 Å². The van der Waals surface area contributed by atoms with Gasteiger partial charge in [0.15, 0.2) is 0 Å². The molecule has 1 unspecified atom stereocenters. The molecule has 1 saturated carbocycles. The highest BCUT2D eigenvalue weighted by molar-refractivity contribution is 5.89. The Labute approximate surface area is 123 Å². The lowest BCUT2D eigenvalue weighted by Crippen LogP contribution is -2.56. The van der Waals surface area contributed by atoms with E-state index in [1.54, 1.807) is 0 Å². The number of amides is 2. The number of carbonyl (C=O) groups is 3.